The van der Waals surface area contributed by atoms with Gasteiger partial charge in [-0.3, -0.25) is 29.0 Å². The van der Waals surface area contributed by atoms with Gasteiger partial charge in [-0.2, -0.15) is 12.6 Å². The third-order valence-electron chi connectivity index (χ3n) is 11.7. The molecule has 11 nitrogen and oxygen atoms in total. The van der Waals surface area contributed by atoms with E-state index in [1.165, 1.54) is 0 Å². The Morgan fingerprint density at radius 1 is 1.11 bits per heavy atom. The molecule has 2 unspecified atom stereocenters. The van der Waals surface area contributed by atoms with Gasteiger partial charge in [-0.15, -0.1) is 6.58 Å². The lowest BCUT2D eigenvalue weighted by Gasteiger charge is -2.17. The quantitative estimate of drug-likeness (QED) is 0.0852. The van der Waals surface area contributed by atoms with Gasteiger partial charge >= 0.3 is 11.9 Å². The Labute approximate surface area is 266 Å². The fraction of sp³-hybridized carbons (Fsp3) is 0.515. The first kappa shape index (κ1) is 29.9. The van der Waals surface area contributed by atoms with Crippen LogP contribution in [0.15, 0.2) is 35.2 Å². The van der Waals surface area contributed by atoms with E-state index in [9.17, 15) is 29.4 Å². The lowest BCUT2D eigenvalue weighted by molar-refractivity contribution is -0.628. The van der Waals surface area contributed by atoms with Gasteiger partial charge in [0.1, 0.15) is 18.5 Å². The maximum Gasteiger partial charge on any atom is 0.303 e. The van der Waals surface area contributed by atoms with E-state index in [1.807, 2.05) is 39.8 Å². The van der Waals surface area contributed by atoms with Crippen molar-refractivity contribution in [3.05, 3.63) is 57.7 Å². The zero-order valence-electron chi connectivity index (χ0n) is 25.9. The Bertz CT molecular complexity index is 1710. The number of amides is 2. The number of hydrogen-bond acceptors (Lipinski definition) is 6. The number of carbonyl (C=O) groups is 4. The molecule has 0 bridgehead atoms. The summed E-state index contributed by atoms with van der Waals surface area (Å²) in [6, 6.07) is 0.106. The maximum atomic E-state index is 12.7. The zero-order valence-corrected chi connectivity index (χ0v) is 26.8. The van der Waals surface area contributed by atoms with Crippen LogP contribution in [-0.4, -0.2) is 78.5 Å². The Morgan fingerprint density at radius 3 is 2.44 bits per heavy atom. The third-order valence-corrected chi connectivity index (χ3v) is 12.1. The minimum Gasteiger partial charge on any atom is -0.481 e. The first-order valence-corrected chi connectivity index (χ1v) is 16.1. The number of hydrogen-bond donors (Lipinski definition) is 7. The number of aromatic nitrogens is 1. The van der Waals surface area contributed by atoms with E-state index in [4.69, 9.17) is 0 Å². The minimum atomic E-state index is -0.902. The Balaban J connectivity index is 1.25. The molecule has 2 amide bonds. The Hall–Kier alpha value is -3.77. The fourth-order valence-corrected chi connectivity index (χ4v) is 9.94. The molecule has 0 aromatic carbocycles. The summed E-state index contributed by atoms with van der Waals surface area (Å²) in [7, 11) is 0. The molecule has 5 saturated heterocycles. The molecular weight excluding hydrogens is 594 g/mol. The van der Waals surface area contributed by atoms with Crippen molar-refractivity contribution in [2.45, 2.75) is 81.9 Å². The van der Waals surface area contributed by atoms with Crippen molar-refractivity contribution in [3.8, 4) is 0 Å². The van der Waals surface area contributed by atoms with Crippen molar-refractivity contribution in [1.82, 2.24) is 20.9 Å². The Kier molecular flexibility index (Phi) is 6.39. The van der Waals surface area contributed by atoms with Crippen LogP contribution in [0, 0.1) is 24.7 Å². The second-order valence-corrected chi connectivity index (χ2v) is 14.5. The number of nitrogens with one attached hydrogen (secondary N) is 4. The fourth-order valence-electron chi connectivity index (χ4n) is 9.52. The van der Waals surface area contributed by atoms with E-state index in [0.717, 1.165) is 56.1 Å². The molecule has 5 fully saturated rings. The second kappa shape index (κ2) is 9.62. The van der Waals surface area contributed by atoms with Crippen LogP contribution in [-0.2, 0) is 25.6 Å². The third kappa shape index (κ3) is 3.69. The average Bonchev–Trinajstić information content (AvgIpc) is 3.72. The Morgan fingerprint density at radius 2 is 1.80 bits per heavy atom. The standard InChI is InChI=1S/C33H39N5O6S/c1-6-20-31(44)37-33-29(38(33)13-32(20,33)38)28-15(3)19(8-10-26(41)42)23(35-28)12-22-18(7-9-25(39)40)14(2)21(34-22)11-24-27(17(5)45)16(4)30(43)36-24/h6,11-12,16-17,20,27-29,34-35H,1,7-10,13H2,2-5H3,(H4-,36,37,39,40,41,42,43,44,45)/p+1/b23-12-,24-11-/t16-,17-,20?,27+,28?,29+,32-,33-,38-/m1/s1. The monoisotopic (exact) mass is 634 g/mol. The van der Waals surface area contributed by atoms with Gasteiger partial charge in [0.25, 0.3) is 5.66 Å². The van der Waals surface area contributed by atoms with Crippen molar-refractivity contribution in [2.75, 3.05) is 6.54 Å². The van der Waals surface area contributed by atoms with Crippen molar-refractivity contribution < 1.29 is 33.9 Å². The van der Waals surface area contributed by atoms with Crippen molar-refractivity contribution in [3.63, 3.8) is 0 Å². The molecule has 7 heterocycles. The highest BCUT2D eigenvalue weighted by Gasteiger charge is 3.29. The second-order valence-electron chi connectivity index (χ2n) is 13.7. The summed E-state index contributed by atoms with van der Waals surface area (Å²) in [5.41, 5.74) is 6.52. The summed E-state index contributed by atoms with van der Waals surface area (Å²) < 4.78 is 0.870. The molecule has 9 atom stereocenters. The molecule has 1 aromatic heterocycles. The van der Waals surface area contributed by atoms with Gasteiger partial charge in [-0.05, 0) is 61.1 Å². The smallest absolute Gasteiger partial charge is 0.303 e. The van der Waals surface area contributed by atoms with E-state index in [-0.39, 0.29) is 70.9 Å². The number of allylic oxidation sites excluding steroid dienone is 2. The van der Waals surface area contributed by atoms with Crippen LogP contribution in [0.1, 0.15) is 62.5 Å². The SMILES string of the molecule is C=CC1C(=O)N[C@]23[C@H](C4N/C(=C\c5[nH]c(/C=C6\NC(=O)[C@H](C)[C@H]6[C@@H](C)S)c(C)c5CCC(=O)O)C(CCC(=O)O)=C4C)[N@@+]24C[C@@]134. The number of carboxylic acid groups (broad SMARTS) is 2. The largest absolute Gasteiger partial charge is 0.481 e. The molecule has 45 heavy (non-hydrogen) atoms. The lowest BCUT2D eigenvalue weighted by Crippen LogP contribution is -2.44. The van der Waals surface area contributed by atoms with E-state index in [0.29, 0.717) is 12.8 Å². The van der Waals surface area contributed by atoms with Crippen LogP contribution >= 0.6 is 12.6 Å². The number of quaternary nitrogens is 1. The van der Waals surface area contributed by atoms with Crippen LogP contribution in [0.4, 0.5) is 0 Å². The highest BCUT2D eigenvalue weighted by Crippen LogP contribution is 2.95. The number of H-pyrrole nitrogens is 1. The van der Waals surface area contributed by atoms with Gasteiger partial charge in [-0.1, -0.05) is 19.9 Å². The molecule has 7 rings (SSSR count). The number of carbonyl (C=O) groups excluding carboxylic acids is 2. The summed E-state index contributed by atoms with van der Waals surface area (Å²) >= 11 is 4.64. The summed E-state index contributed by atoms with van der Waals surface area (Å²) in [5, 5.41) is 29.0. The molecule has 3 spiro atoms. The predicted octanol–water partition coefficient (Wildman–Crippen LogP) is 2.47. The lowest BCUT2D eigenvalue weighted by atomic mass is 9.86. The molecule has 0 aliphatic carbocycles. The van der Waals surface area contributed by atoms with Crippen LogP contribution in [0.3, 0.4) is 0 Å². The highest BCUT2D eigenvalue weighted by atomic mass is 32.1. The molecule has 12 heteroatoms. The summed E-state index contributed by atoms with van der Waals surface area (Å²) in [5.74, 6) is -2.29. The van der Waals surface area contributed by atoms with E-state index in [1.54, 1.807) is 6.08 Å². The van der Waals surface area contributed by atoms with Crippen molar-refractivity contribution >= 4 is 48.5 Å². The summed E-state index contributed by atoms with van der Waals surface area (Å²) in [6.07, 6.45) is 6.23. The van der Waals surface area contributed by atoms with Crippen LogP contribution in [0.5, 0.6) is 0 Å². The van der Waals surface area contributed by atoms with Gasteiger partial charge in [0.15, 0.2) is 6.04 Å². The van der Waals surface area contributed by atoms with Gasteiger partial charge in [0, 0.05) is 52.7 Å². The molecule has 6 N–H and O–H groups in total. The molecule has 0 radical (unpaired) electrons. The van der Waals surface area contributed by atoms with Gasteiger partial charge in [0.05, 0.1) is 0 Å². The van der Waals surface area contributed by atoms with Gasteiger partial charge in [-0.25, -0.2) is 0 Å². The van der Waals surface area contributed by atoms with Crippen molar-refractivity contribution in [1.29, 1.82) is 0 Å². The van der Waals surface area contributed by atoms with Crippen LogP contribution < -0.4 is 16.0 Å². The molecule has 1 aromatic rings. The average molecular weight is 635 g/mol. The first-order chi connectivity index (χ1) is 21.3. The van der Waals surface area contributed by atoms with E-state index < -0.39 is 11.9 Å². The minimum absolute atomic E-state index is 0.0262. The molecule has 238 valence electrons. The molecule has 6 aliphatic rings. The number of aliphatic carboxylic acids is 2. The van der Waals surface area contributed by atoms with Crippen LogP contribution in [0.25, 0.3) is 12.2 Å². The molecule has 0 saturated carbocycles. The highest BCUT2D eigenvalue weighted by molar-refractivity contribution is 7.80. The number of carboxylic acids is 2. The molecular formula is C33H40N5O6S+. The van der Waals surface area contributed by atoms with E-state index >= 15 is 0 Å². The van der Waals surface area contributed by atoms with Crippen molar-refractivity contribution in [2.24, 2.45) is 17.8 Å². The summed E-state index contributed by atoms with van der Waals surface area (Å²) in [4.78, 5) is 52.0. The molecule has 6 aliphatic heterocycles. The normalized spacial score (nSPS) is 39.2. The van der Waals surface area contributed by atoms with Gasteiger partial charge in [0.2, 0.25) is 17.4 Å². The topological polar surface area (TPSA) is 161 Å². The number of thiol groups is 1. The first-order valence-electron chi connectivity index (χ1n) is 15.6. The number of aromatic amines is 1. The maximum absolute atomic E-state index is 12.7. The van der Waals surface area contributed by atoms with E-state index in [2.05, 4.69) is 40.1 Å². The van der Waals surface area contributed by atoms with Crippen LogP contribution in [0.2, 0.25) is 0 Å². The summed E-state index contributed by atoms with van der Waals surface area (Å²) in [6.45, 7) is 12.7. The zero-order chi connectivity index (χ0) is 32.4. The van der Waals surface area contributed by atoms with Gasteiger partial charge < -0.3 is 25.8 Å². The predicted molar refractivity (Wildman–Crippen MR) is 169 cm³/mol. The number of nitrogens with zero attached hydrogens (tertiary/aromatic N) is 1. The number of rotatable bonds is 11.